The predicted molar refractivity (Wildman–Crippen MR) is 58.0 cm³/mol. The molecular formula is C10H13FO4S. The van der Waals surface area contributed by atoms with Crippen LogP contribution in [0.5, 0.6) is 11.5 Å². The van der Waals surface area contributed by atoms with E-state index in [4.69, 9.17) is 9.47 Å². The summed E-state index contributed by atoms with van der Waals surface area (Å²) in [6, 6.07) is 6.90. The first-order chi connectivity index (χ1) is 7.51. The second kappa shape index (κ2) is 5.69. The van der Waals surface area contributed by atoms with Gasteiger partial charge in [0.2, 0.25) is 0 Å². The van der Waals surface area contributed by atoms with Crippen LogP contribution in [-0.2, 0) is 10.2 Å². The normalized spacial score (nSPS) is 11.1. The van der Waals surface area contributed by atoms with E-state index in [0.29, 0.717) is 11.5 Å². The number of hydrogen-bond donors (Lipinski definition) is 0. The van der Waals surface area contributed by atoms with Gasteiger partial charge >= 0.3 is 10.2 Å². The fraction of sp³-hybridized carbons (Fsp3) is 0.400. The molecule has 4 nitrogen and oxygen atoms in total. The third kappa shape index (κ3) is 4.97. The first-order valence-corrected chi connectivity index (χ1v) is 6.26. The molecule has 0 saturated heterocycles. The van der Waals surface area contributed by atoms with E-state index in [1.54, 1.807) is 24.3 Å². The lowest BCUT2D eigenvalue weighted by Gasteiger charge is -2.06. The molecule has 0 spiro atoms. The summed E-state index contributed by atoms with van der Waals surface area (Å²) in [5.41, 5.74) is 0. The van der Waals surface area contributed by atoms with Crippen LogP contribution in [0.2, 0.25) is 0 Å². The van der Waals surface area contributed by atoms with Crippen molar-refractivity contribution in [1.82, 2.24) is 0 Å². The van der Waals surface area contributed by atoms with E-state index in [9.17, 15) is 12.3 Å². The quantitative estimate of drug-likeness (QED) is 0.568. The van der Waals surface area contributed by atoms with Gasteiger partial charge in [0, 0.05) is 6.07 Å². The number of rotatable bonds is 6. The van der Waals surface area contributed by atoms with Crippen molar-refractivity contribution >= 4 is 10.2 Å². The highest BCUT2D eigenvalue weighted by atomic mass is 32.3. The van der Waals surface area contributed by atoms with E-state index >= 15 is 0 Å². The van der Waals surface area contributed by atoms with Crippen LogP contribution in [0.1, 0.15) is 6.42 Å². The molecule has 0 aliphatic rings. The molecule has 0 heterocycles. The third-order valence-electron chi connectivity index (χ3n) is 1.84. The smallest absolute Gasteiger partial charge is 0.302 e. The lowest BCUT2D eigenvalue weighted by Crippen LogP contribution is -2.05. The molecule has 16 heavy (non-hydrogen) atoms. The highest BCUT2D eigenvalue weighted by Gasteiger charge is 2.06. The van der Waals surface area contributed by atoms with Crippen molar-refractivity contribution in [1.29, 1.82) is 0 Å². The highest BCUT2D eigenvalue weighted by molar-refractivity contribution is 7.86. The van der Waals surface area contributed by atoms with E-state index in [-0.39, 0.29) is 13.0 Å². The van der Waals surface area contributed by atoms with Gasteiger partial charge in [-0.3, -0.25) is 0 Å². The Morgan fingerprint density at radius 3 is 2.62 bits per heavy atom. The molecule has 0 aliphatic heterocycles. The van der Waals surface area contributed by atoms with Gasteiger partial charge < -0.3 is 9.47 Å². The van der Waals surface area contributed by atoms with Gasteiger partial charge in [0.05, 0.1) is 19.5 Å². The molecule has 0 unspecified atom stereocenters. The zero-order valence-electron chi connectivity index (χ0n) is 8.85. The van der Waals surface area contributed by atoms with Crippen LogP contribution in [0.3, 0.4) is 0 Å². The number of hydrogen-bond acceptors (Lipinski definition) is 4. The Bertz CT molecular complexity index is 430. The maximum atomic E-state index is 12.1. The van der Waals surface area contributed by atoms with Crippen molar-refractivity contribution in [3.8, 4) is 11.5 Å². The van der Waals surface area contributed by atoms with Gasteiger partial charge in [-0.15, -0.1) is 3.89 Å². The molecule has 90 valence electrons. The summed E-state index contributed by atoms with van der Waals surface area (Å²) >= 11 is 0. The summed E-state index contributed by atoms with van der Waals surface area (Å²) < 4.78 is 42.7. The minimum absolute atomic E-state index is 0.121. The summed E-state index contributed by atoms with van der Waals surface area (Å²) in [6.07, 6.45) is 0.121. The van der Waals surface area contributed by atoms with Crippen molar-refractivity contribution in [2.75, 3.05) is 19.5 Å². The number of benzene rings is 1. The topological polar surface area (TPSA) is 52.6 Å². The lowest BCUT2D eigenvalue weighted by atomic mass is 10.3. The van der Waals surface area contributed by atoms with Gasteiger partial charge in [-0.05, 0) is 18.6 Å². The molecular weight excluding hydrogens is 235 g/mol. The second-order valence-electron chi connectivity index (χ2n) is 3.12. The van der Waals surface area contributed by atoms with Crippen LogP contribution in [0, 0.1) is 0 Å². The van der Waals surface area contributed by atoms with Crippen LogP contribution in [0.4, 0.5) is 3.89 Å². The Morgan fingerprint density at radius 2 is 2.00 bits per heavy atom. The summed E-state index contributed by atoms with van der Waals surface area (Å²) in [4.78, 5) is 0. The molecule has 0 saturated carbocycles. The molecule has 1 aromatic carbocycles. The molecule has 0 aromatic heterocycles. The van der Waals surface area contributed by atoms with Gasteiger partial charge in [0.1, 0.15) is 11.5 Å². The van der Waals surface area contributed by atoms with Crippen LogP contribution < -0.4 is 9.47 Å². The molecule has 0 N–H and O–H groups in total. The third-order valence-corrected chi connectivity index (χ3v) is 2.62. The van der Waals surface area contributed by atoms with Gasteiger partial charge in [0.25, 0.3) is 0 Å². The Balaban J connectivity index is 2.37. The van der Waals surface area contributed by atoms with Crippen LogP contribution in [-0.4, -0.2) is 27.9 Å². The van der Waals surface area contributed by atoms with Crippen molar-refractivity contribution in [3.05, 3.63) is 24.3 Å². The van der Waals surface area contributed by atoms with Gasteiger partial charge in [-0.25, -0.2) is 0 Å². The van der Waals surface area contributed by atoms with Crippen LogP contribution in [0.25, 0.3) is 0 Å². The molecule has 1 rings (SSSR count). The van der Waals surface area contributed by atoms with Gasteiger partial charge in [-0.2, -0.15) is 8.42 Å². The second-order valence-corrected chi connectivity index (χ2v) is 4.61. The molecule has 0 amide bonds. The monoisotopic (exact) mass is 248 g/mol. The summed E-state index contributed by atoms with van der Waals surface area (Å²) in [5, 5.41) is 0. The Labute approximate surface area is 94.2 Å². The Morgan fingerprint density at radius 1 is 1.31 bits per heavy atom. The molecule has 6 heteroatoms. The number of halogens is 1. The van der Waals surface area contributed by atoms with Gasteiger partial charge in [-0.1, -0.05) is 6.07 Å². The standard InChI is InChI=1S/C10H13FO4S/c1-14-9-4-2-5-10(8-9)15-6-3-7-16(11,12)13/h2,4-5,8H,3,6-7H2,1H3. The molecule has 0 fully saturated rings. The molecule has 0 radical (unpaired) electrons. The fourth-order valence-corrected chi connectivity index (χ4v) is 1.57. The van der Waals surface area contributed by atoms with E-state index in [0.717, 1.165) is 0 Å². The minimum Gasteiger partial charge on any atom is -0.497 e. The van der Waals surface area contributed by atoms with E-state index in [2.05, 4.69) is 0 Å². The SMILES string of the molecule is COc1cccc(OCCCS(=O)(=O)F)c1. The number of methoxy groups -OCH3 is 1. The average molecular weight is 248 g/mol. The molecule has 0 aliphatic carbocycles. The first-order valence-electron chi connectivity index (χ1n) is 4.70. The average Bonchev–Trinajstić information content (AvgIpc) is 2.23. The lowest BCUT2D eigenvalue weighted by molar-refractivity contribution is 0.314. The summed E-state index contributed by atoms with van der Waals surface area (Å²) in [6.45, 7) is 0.149. The minimum atomic E-state index is -4.40. The van der Waals surface area contributed by atoms with Crippen molar-refractivity contribution in [2.45, 2.75) is 6.42 Å². The molecule has 0 bridgehead atoms. The Kier molecular flexibility index (Phi) is 4.54. The van der Waals surface area contributed by atoms with Crippen molar-refractivity contribution in [3.63, 3.8) is 0 Å². The van der Waals surface area contributed by atoms with E-state index in [1.165, 1.54) is 7.11 Å². The summed E-state index contributed by atoms with van der Waals surface area (Å²) in [7, 11) is -2.86. The predicted octanol–water partition coefficient (Wildman–Crippen LogP) is 1.76. The van der Waals surface area contributed by atoms with Crippen molar-refractivity contribution in [2.24, 2.45) is 0 Å². The Hall–Kier alpha value is -1.30. The maximum absolute atomic E-state index is 12.1. The van der Waals surface area contributed by atoms with Crippen LogP contribution >= 0.6 is 0 Å². The number of ether oxygens (including phenoxy) is 2. The maximum Gasteiger partial charge on any atom is 0.302 e. The largest absolute Gasteiger partial charge is 0.497 e. The zero-order chi connectivity index (χ0) is 12.0. The fourth-order valence-electron chi connectivity index (χ4n) is 1.11. The van der Waals surface area contributed by atoms with E-state index < -0.39 is 16.0 Å². The van der Waals surface area contributed by atoms with Gasteiger partial charge in [0.15, 0.2) is 0 Å². The van der Waals surface area contributed by atoms with E-state index in [1.807, 2.05) is 0 Å². The van der Waals surface area contributed by atoms with Crippen LogP contribution in [0.15, 0.2) is 24.3 Å². The highest BCUT2D eigenvalue weighted by Crippen LogP contribution is 2.18. The molecule has 1 aromatic rings. The summed E-state index contributed by atoms with van der Waals surface area (Å²) in [5.74, 6) is 0.697. The molecule has 0 atom stereocenters. The zero-order valence-corrected chi connectivity index (χ0v) is 9.67. The first kappa shape index (κ1) is 12.8. The van der Waals surface area contributed by atoms with Crippen molar-refractivity contribution < 1.29 is 21.8 Å².